The lowest BCUT2D eigenvalue weighted by Gasteiger charge is -2.35. The Morgan fingerprint density at radius 3 is 1.88 bits per heavy atom. The average Bonchev–Trinajstić information content (AvgIpc) is 2.64. The molecule has 0 N–H and O–H groups in total. The number of nitrogens with zero attached hydrogens (tertiary/aromatic N) is 2. The molecule has 0 bridgehead atoms. The first kappa shape index (κ1) is 18.6. The molecule has 2 amide bonds. The first-order valence-electron chi connectivity index (χ1n) is 7.85. The van der Waals surface area contributed by atoms with Crippen LogP contribution in [0.4, 0.5) is 8.78 Å². The molecule has 0 radical (unpaired) electrons. The maximum Gasteiger partial charge on any atom is 0.255 e. The predicted molar refractivity (Wildman–Crippen MR) is 94.6 cm³/mol. The van der Waals surface area contributed by atoms with E-state index in [1.54, 1.807) is 29.2 Å². The lowest BCUT2D eigenvalue weighted by atomic mass is 10.1. The van der Waals surface area contributed by atoms with Gasteiger partial charge < -0.3 is 9.80 Å². The van der Waals surface area contributed by atoms with Gasteiger partial charge in [-0.2, -0.15) is 0 Å². The molecule has 0 aliphatic carbocycles. The first-order chi connectivity index (χ1) is 12.4. The first-order valence-corrected chi connectivity index (χ1v) is 8.61. The maximum absolute atomic E-state index is 13.4. The second-order valence-corrected chi connectivity index (χ2v) is 6.68. The van der Waals surface area contributed by atoms with E-state index < -0.39 is 17.5 Å². The van der Waals surface area contributed by atoms with E-state index in [4.69, 9.17) is 23.2 Å². The highest BCUT2D eigenvalue weighted by Crippen LogP contribution is 2.22. The van der Waals surface area contributed by atoms with Crippen molar-refractivity contribution in [3.63, 3.8) is 0 Å². The van der Waals surface area contributed by atoms with Gasteiger partial charge in [-0.05, 0) is 36.4 Å². The summed E-state index contributed by atoms with van der Waals surface area (Å²) in [5, 5.41) is 0.397. The Morgan fingerprint density at radius 2 is 1.31 bits per heavy atom. The zero-order valence-electron chi connectivity index (χ0n) is 13.5. The van der Waals surface area contributed by atoms with Crippen LogP contribution in [0.3, 0.4) is 0 Å². The number of carbonyl (C=O) groups excluding carboxylic acids is 2. The normalized spacial score (nSPS) is 14.5. The number of rotatable bonds is 2. The Bertz CT molecular complexity index is 851. The van der Waals surface area contributed by atoms with Gasteiger partial charge in [-0.25, -0.2) is 8.78 Å². The van der Waals surface area contributed by atoms with Crippen molar-refractivity contribution in [2.45, 2.75) is 0 Å². The molecule has 1 saturated heterocycles. The largest absolute Gasteiger partial charge is 0.335 e. The quantitative estimate of drug-likeness (QED) is 0.720. The van der Waals surface area contributed by atoms with E-state index >= 15 is 0 Å². The van der Waals surface area contributed by atoms with Crippen LogP contribution in [-0.4, -0.2) is 47.8 Å². The van der Waals surface area contributed by atoms with Gasteiger partial charge >= 0.3 is 0 Å². The minimum Gasteiger partial charge on any atom is -0.335 e. The van der Waals surface area contributed by atoms with Gasteiger partial charge in [-0.1, -0.05) is 23.2 Å². The Kier molecular flexibility index (Phi) is 5.44. The van der Waals surface area contributed by atoms with Crippen LogP contribution in [0.15, 0.2) is 36.4 Å². The van der Waals surface area contributed by atoms with Gasteiger partial charge in [0, 0.05) is 36.8 Å². The highest BCUT2D eigenvalue weighted by atomic mass is 35.5. The molecule has 8 heteroatoms. The molecule has 3 rings (SSSR count). The van der Waals surface area contributed by atoms with E-state index in [2.05, 4.69) is 0 Å². The second-order valence-electron chi connectivity index (χ2n) is 5.84. The van der Waals surface area contributed by atoms with E-state index in [-0.39, 0.29) is 29.6 Å². The lowest BCUT2D eigenvalue weighted by Crippen LogP contribution is -2.50. The third-order valence-corrected chi connectivity index (χ3v) is 4.75. The molecule has 1 aliphatic heterocycles. The average molecular weight is 399 g/mol. The van der Waals surface area contributed by atoms with Crippen LogP contribution in [0.5, 0.6) is 0 Å². The monoisotopic (exact) mass is 398 g/mol. The second kappa shape index (κ2) is 7.60. The number of piperazine rings is 1. The Hall–Kier alpha value is -2.18. The van der Waals surface area contributed by atoms with E-state index in [1.165, 1.54) is 4.90 Å². The third-order valence-electron chi connectivity index (χ3n) is 4.19. The number of amides is 2. The van der Waals surface area contributed by atoms with Crippen LogP contribution in [0.1, 0.15) is 20.7 Å². The van der Waals surface area contributed by atoms with Crippen molar-refractivity contribution in [1.82, 2.24) is 9.80 Å². The van der Waals surface area contributed by atoms with Crippen molar-refractivity contribution in [3.8, 4) is 0 Å². The van der Waals surface area contributed by atoms with Crippen molar-refractivity contribution in [2.24, 2.45) is 0 Å². The zero-order valence-corrected chi connectivity index (χ0v) is 15.0. The van der Waals surface area contributed by atoms with Crippen LogP contribution in [0, 0.1) is 11.6 Å². The van der Waals surface area contributed by atoms with Crippen molar-refractivity contribution < 1.29 is 18.4 Å². The van der Waals surface area contributed by atoms with Gasteiger partial charge in [-0.3, -0.25) is 9.59 Å². The Labute approximate surface area is 158 Å². The topological polar surface area (TPSA) is 40.6 Å². The minimum atomic E-state index is -1.13. The van der Waals surface area contributed by atoms with Gasteiger partial charge in [0.15, 0.2) is 11.6 Å². The molecular formula is C18H14Cl2F2N2O2. The van der Waals surface area contributed by atoms with Crippen molar-refractivity contribution in [2.75, 3.05) is 26.2 Å². The fourth-order valence-corrected chi connectivity index (χ4v) is 3.10. The molecule has 2 aromatic carbocycles. The SMILES string of the molecule is O=C(c1ccc(Cl)cc1)N1CCN(C(=O)c2cc(F)c(F)cc2Cl)CC1. The van der Waals surface area contributed by atoms with Gasteiger partial charge in [0.25, 0.3) is 11.8 Å². The summed E-state index contributed by atoms with van der Waals surface area (Å²) in [6.45, 7) is 1.20. The molecule has 0 aromatic heterocycles. The molecule has 0 spiro atoms. The fourth-order valence-electron chi connectivity index (χ4n) is 2.74. The smallest absolute Gasteiger partial charge is 0.255 e. The van der Waals surface area contributed by atoms with Crippen LogP contribution in [-0.2, 0) is 0 Å². The molecule has 0 saturated carbocycles. The summed E-state index contributed by atoms with van der Waals surface area (Å²) in [5.41, 5.74) is 0.417. The number of carbonyl (C=O) groups is 2. The summed E-state index contributed by atoms with van der Waals surface area (Å²) >= 11 is 11.7. The number of benzene rings is 2. The predicted octanol–water partition coefficient (Wildman–Crippen LogP) is 3.87. The lowest BCUT2D eigenvalue weighted by molar-refractivity contribution is 0.0535. The molecule has 4 nitrogen and oxygen atoms in total. The summed E-state index contributed by atoms with van der Waals surface area (Å²) in [7, 11) is 0. The summed E-state index contributed by atoms with van der Waals surface area (Å²) in [5.74, 6) is -2.88. The fraction of sp³-hybridized carbons (Fsp3) is 0.222. The van der Waals surface area contributed by atoms with E-state index in [0.717, 1.165) is 12.1 Å². The van der Waals surface area contributed by atoms with Crippen molar-refractivity contribution >= 4 is 35.0 Å². The Balaban J connectivity index is 1.66. The van der Waals surface area contributed by atoms with Crippen molar-refractivity contribution in [1.29, 1.82) is 0 Å². The highest BCUT2D eigenvalue weighted by Gasteiger charge is 2.27. The van der Waals surface area contributed by atoms with Gasteiger partial charge in [-0.15, -0.1) is 0 Å². The molecule has 2 aromatic rings. The third kappa shape index (κ3) is 3.81. The van der Waals surface area contributed by atoms with Crippen LogP contribution >= 0.6 is 23.2 Å². The zero-order chi connectivity index (χ0) is 18.8. The van der Waals surface area contributed by atoms with Gasteiger partial charge in [0.05, 0.1) is 10.6 Å². The number of hydrogen-bond acceptors (Lipinski definition) is 2. The molecule has 1 heterocycles. The molecule has 26 heavy (non-hydrogen) atoms. The van der Waals surface area contributed by atoms with Crippen molar-refractivity contribution in [3.05, 3.63) is 69.2 Å². The molecule has 1 aliphatic rings. The molecule has 1 fully saturated rings. The maximum atomic E-state index is 13.4. The summed E-state index contributed by atoms with van der Waals surface area (Å²) in [6, 6.07) is 8.14. The van der Waals surface area contributed by atoms with Crippen LogP contribution in [0.25, 0.3) is 0 Å². The summed E-state index contributed by atoms with van der Waals surface area (Å²) in [6.07, 6.45) is 0. The van der Waals surface area contributed by atoms with E-state index in [0.29, 0.717) is 23.7 Å². The summed E-state index contributed by atoms with van der Waals surface area (Å²) < 4.78 is 26.6. The van der Waals surface area contributed by atoms with E-state index in [9.17, 15) is 18.4 Å². The molecule has 0 atom stereocenters. The van der Waals surface area contributed by atoms with Gasteiger partial charge in [0.2, 0.25) is 0 Å². The minimum absolute atomic E-state index is 0.0944. The number of halogens is 4. The standard InChI is InChI=1S/C18H14Cl2F2N2O2/c19-12-3-1-11(2-4-12)17(25)23-5-7-24(8-6-23)18(26)13-9-15(21)16(22)10-14(13)20/h1-4,9-10H,5-8H2. The Morgan fingerprint density at radius 1 is 0.808 bits per heavy atom. The summed E-state index contributed by atoms with van der Waals surface area (Å²) in [4.78, 5) is 28.1. The number of hydrogen-bond donors (Lipinski definition) is 0. The van der Waals surface area contributed by atoms with E-state index in [1.807, 2.05) is 0 Å². The van der Waals surface area contributed by atoms with Gasteiger partial charge in [0.1, 0.15) is 0 Å². The van der Waals surface area contributed by atoms with Crippen LogP contribution in [0.2, 0.25) is 10.0 Å². The molecule has 136 valence electrons. The highest BCUT2D eigenvalue weighted by molar-refractivity contribution is 6.33. The van der Waals surface area contributed by atoms with Crippen LogP contribution < -0.4 is 0 Å². The molecule has 0 unspecified atom stereocenters. The molecular weight excluding hydrogens is 385 g/mol.